The van der Waals surface area contributed by atoms with Gasteiger partial charge in [0.1, 0.15) is 5.75 Å². The van der Waals surface area contributed by atoms with Crippen molar-refractivity contribution in [2.24, 2.45) is 0 Å². The molecule has 1 aromatic carbocycles. The molecule has 0 spiro atoms. The van der Waals surface area contributed by atoms with Gasteiger partial charge < -0.3 is 9.15 Å². The molecule has 2 aromatic heterocycles. The van der Waals surface area contributed by atoms with Crippen molar-refractivity contribution in [2.45, 2.75) is 43.3 Å². The van der Waals surface area contributed by atoms with Gasteiger partial charge in [-0.2, -0.15) is 0 Å². The van der Waals surface area contributed by atoms with E-state index in [1.165, 1.54) is 32.1 Å². The molecule has 0 N–H and O–H groups in total. The van der Waals surface area contributed by atoms with Gasteiger partial charge in [0, 0.05) is 16.8 Å². The first kappa shape index (κ1) is 18.4. The molecule has 0 unspecified atom stereocenters. The van der Waals surface area contributed by atoms with Crippen LogP contribution in [0.3, 0.4) is 0 Å². The molecule has 1 aliphatic rings. The molecule has 0 bridgehead atoms. The van der Waals surface area contributed by atoms with Crippen LogP contribution in [0.25, 0.3) is 11.6 Å². The van der Waals surface area contributed by atoms with E-state index in [1.807, 2.05) is 36.4 Å². The molecular weight excluding hydrogens is 382 g/mol. The van der Waals surface area contributed by atoms with E-state index in [0.29, 0.717) is 17.7 Å². The first-order valence-corrected chi connectivity index (χ1v) is 10.7. The summed E-state index contributed by atoms with van der Waals surface area (Å²) in [4.78, 5) is 0. The minimum Gasteiger partial charge on any atom is -0.493 e. The van der Waals surface area contributed by atoms with E-state index in [9.17, 15) is 0 Å². The second kappa shape index (κ2) is 8.85. The Kier molecular flexibility index (Phi) is 6.04. The van der Waals surface area contributed by atoms with Crippen molar-refractivity contribution in [1.82, 2.24) is 14.8 Å². The van der Waals surface area contributed by atoms with Crippen LogP contribution >= 0.6 is 23.4 Å². The molecule has 1 saturated carbocycles. The lowest BCUT2D eigenvalue weighted by Crippen LogP contribution is -2.15. The standard InChI is InChI=1S/C20H22ClN3O2S/c21-15-8-10-17(11-9-15)25-13-14-27-20-23-22-19(18-7-4-12-26-18)24(20)16-5-2-1-3-6-16/h4,7-12,16H,1-3,5-6,13-14H2. The summed E-state index contributed by atoms with van der Waals surface area (Å²) in [7, 11) is 0. The number of nitrogens with zero attached hydrogens (tertiary/aromatic N) is 3. The van der Waals surface area contributed by atoms with Crippen LogP contribution < -0.4 is 4.74 Å². The zero-order valence-corrected chi connectivity index (χ0v) is 16.6. The lowest BCUT2D eigenvalue weighted by atomic mass is 9.95. The van der Waals surface area contributed by atoms with Crippen molar-refractivity contribution in [3.63, 3.8) is 0 Å². The van der Waals surface area contributed by atoms with E-state index in [4.69, 9.17) is 20.8 Å². The third-order valence-corrected chi connectivity index (χ3v) is 5.90. The Balaban J connectivity index is 1.44. The summed E-state index contributed by atoms with van der Waals surface area (Å²) in [6.07, 6.45) is 7.84. The van der Waals surface area contributed by atoms with Gasteiger partial charge in [-0.05, 0) is 49.2 Å². The van der Waals surface area contributed by atoms with Crippen LogP contribution in [0.5, 0.6) is 5.75 Å². The van der Waals surface area contributed by atoms with Crippen molar-refractivity contribution >= 4 is 23.4 Å². The van der Waals surface area contributed by atoms with Gasteiger partial charge in [0.15, 0.2) is 10.9 Å². The molecule has 0 atom stereocenters. The number of ether oxygens (including phenoxy) is 1. The Bertz CT molecular complexity index is 843. The first-order chi connectivity index (χ1) is 13.3. The second-order valence-corrected chi connectivity index (χ2v) is 8.09. The topological polar surface area (TPSA) is 53.1 Å². The van der Waals surface area contributed by atoms with E-state index in [0.717, 1.165) is 28.2 Å². The number of hydrogen-bond acceptors (Lipinski definition) is 5. The number of aromatic nitrogens is 3. The summed E-state index contributed by atoms with van der Waals surface area (Å²) in [6.45, 7) is 0.597. The fourth-order valence-electron chi connectivity index (χ4n) is 3.44. The Hall–Kier alpha value is -1.92. The fraction of sp³-hybridized carbons (Fsp3) is 0.400. The summed E-state index contributed by atoms with van der Waals surface area (Å²) < 4.78 is 13.6. The maximum absolute atomic E-state index is 5.90. The van der Waals surface area contributed by atoms with Crippen LogP contribution in [0.15, 0.2) is 52.2 Å². The molecular formula is C20H22ClN3O2S. The number of furan rings is 1. The Morgan fingerprint density at radius 1 is 1.11 bits per heavy atom. The Labute approximate surface area is 168 Å². The average molecular weight is 404 g/mol. The van der Waals surface area contributed by atoms with Crippen LogP contribution in [0.1, 0.15) is 38.1 Å². The zero-order chi connectivity index (χ0) is 18.5. The van der Waals surface area contributed by atoms with E-state index >= 15 is 0 Å². The van der Waals surface area contributed by atoms with Crippen molar-refractivity contribution in [3.8, 4) is 17.3 Å². The molecule has 0 radical (unpaired) electrons. The van der Waals surface area contributed by atoms with Crippen LogP contribution in [-0.2, 0) is 0 Å². The normalized spacial score (nSPS) is 15.1. The lowest BCUT2D eigenvalue weighted by Gasteiger charge is -2.25. The highest BCUT2D eigenvalue weighted by Gasteiger charge is 2.24. The van der Waals surface area contributed by atoms with Gasteiger partial charge >= 0.3 is 0 Å². The van der Waals surface area contributed by atoms with Gasteiger partial charge in [-0.3, -0.25) is 4.57 Å². The fourth-order valence-corrected chi connectivity index (χ4v) is 4.39. The third-order valence-electron chi connectivity index (χ3n) is 4.74. The molecule has 4 rings (SSSR count). The minimum absolute atomic E-state index is 0.438. The molecule has 7 heteroatoms. The van der Waals surface area contributed by atoms with Crippen molar-refractivity contribution in [2.75, 3.05) is 12.4 Å². The van der Waals surface area contributed by atoms with Gasteiger partial charge in [0.25, 0.3) is 0 Å². The van der Waals surface area contributed by atoms with E-state index in [-0.39, 0.29) is 0 Å². The molecule has 5 nitrogen and oxygen atoms in total. The average Bonchev–Trinajstić information content (AvgIpc) is 3.37. The van der Waals surface area contributed by atoms with Gasteiger partial charge in [-0.1, -0.05) is 42.6 Å². The van der Waals surface area contributed by atoms with Gasteiger partial charge in [0.05, 0.1) is 12.9 Å². The van der Waals surface area contributed by atoms with Gasteiger partial charge in [-0.25, -0.2) is 0 Å². The lowest BCUT2D eigenvalue weighted by molar-refractivity contribution is 0.335. The maximum Gasteiger partial charge on any atom is 0.200 e. The smallest absolute Gasteiger partial charge is 0.200 e. The number of hydrogen-bond donors (Lipinski definition) is 0. The van der Waals surface area contributed by atoms with Crippen LogP contribution in [0, 0.1) is 0 Å². The molecule has 27 heavy (non-hydrogen) atoms. The highest BCUT2D eigenvalue weighted by molar-refractivity contribution is 7.99. The SMILES string of the molecule is Clc1ccc(OCCSc2nnc(-c3ccco3)n2C2CCCCC2)cc1. The Morgan fingerprint density at radius 2 is 1.93 bits per heavy atom. The molecule has 0 amide bonds. The maximum atomic E-state index is 5.90. The molecule has 3 aromatic rings. The Morgan fingerprint density at radius 3 is 2.67 bits per heavy atom. The summed E-state index contributed by atoms with van der Waals surface area (Å²) >= 11 is 7.58. The highest BCUT2D eigenvalue weighted by atomic mass is 35.5. The summed E-state index contributed by atoms with van der Waals surface area (Å²) in [6, 6.07) is 11.7. The van der Waals surface area contributed by atoms with Crippen molar-refractivity contribution < 1.29 is 9.15 Å². The van der Waals surface area contributed by atoms with Gasteiger partial charge in [0.2, 0.25) is 5.82 Å². The molecule has 0 aliphatic heterocycles. The van der Waals surface area contributed by atoms with Crippen molar-refractivity contribution in [3.05, 3.63) is 47.7 Å². The number of rotatable bonds is 7. The molecule has 0 saturated heterocycles. The molecule has 142 valence electrons. The van der Waals surface area contributed by atoms with Crippen LogP contribution in [0.2, 0.25) is 5.02 Å². The first-order valence-electron chi connectivity index (χ1n) is 9.31. The van der Waals surface area contributed by atoms with Crippen LogP contribution in [0.4, 0.5) is 0 Å². The summed E-state index contributed by atoms with van der Waals surface area (Å²) in [5, 5.41) is 10.5. The molecule has 2 heterocycles. The van der Waals surface area contributed by atoms with Crippen LogP contribution in [-0.4, -0.2) is 27.1 Å². The summed E-state index contributed by atoms with van der Waals surface area (Å²) in [5.74, 6) is 3.22. The van der Waals surface area contributed by atoms with Crippen molar-refractivity contribution in [1.29, 1.82) is 0 Å². The number of benzene rings is 1. The molecule has 1 aliphatic carbocycles. The third kappa shape index (κ3) is 4.50. The van der Waals surface area contributed by atoms with Gasteiger partial charge in [-0.15, -0.1) is 10.2 Å². The predicted molar refractivity (Wildman–Crippen MR) is 108 cm³/mol. The molecule has 1 fully saturated rings. The summed E-state index contributed by atoms with van der Waals surface area (Å²) in [5.41, 5.74) is 0. The monoisotopic (exact) mass is 403 g/mol. The second-order valence-electron chi connectivity index (χ2n) is 6.60. The predicted octanol–water partition coefficient (Wildman–Crippen LogP) is 5.87. The van der Waals surface area contributed by atoms with E-state index in [1.54, 1.807) is 18.0 Å². The quantitative estimate of drug-likeness (QED) is 0.365. The number of halogens is 1. The highest BCUT2D eigenvalue weighted by Crippen LogP contribution is 2.35. The van der Waals surface area contributed by atoms with E-state index in [2.05, 4.69) is 14.8 Å². The minimum atomic E-state index is 0.438. The largest absolute Gasteiger partial charge is 0.493 e. The number of thioether (sulfide) groups is 1. The zero-order valence-electron chi connectivity index (χ0n) is 15.0. The van der Waals surface area contributed by atoms with E-state index < -0.39 is 0 Å².